The van der Waals surface area contributed by atoms with E-state index in [0.717, 1.165) is 22.3 Å². The van der Waals surface area contributed by atoms with Crippen LogP contribution in [-0.2, 0) is 4.74 Å². The standard InChI is InChI=1S/C17H20O2/c1-12-9-10-13(2)15(11-12)16(18)17(19-3)14-7-5-4-6-8-14/h4-11,16-18H,1-3H3. The SMILES string of the molecule is COC(c1ccccc1)C(O)c1cc(C)ccc1C. The lowest BCUT2D eigenvalue weighted by Crippen LogP contribution is -2.14. The van der Waals surface area contributed by atoms with Crippen molar-refractivity contribution in [3.63, 3.8) is 0 Å². The van der Waals surface area contributed by atoms with Gasteiger partial charge in [0.25, 0.3) is 0 Å². The molecule has 0 aliphatic carbocycles. The monoisotopic (exact) mass is 256 g/mol. The number of methoxy groups -OCH3 is 1. The van der Waals surface area contributed by atoms with Crippen LogP contribution in [0.3, 0.4) is 0 Å². The fourth-order valence-corrected chi connectivity index (χ4v) is 2.33. The zero-order chi connectivity index (χ0) is 13.8. The maximum atomic E-state index is 10.6. The first-order chi connectivity index (χ1) is 9.13. The summed E-state index contributed by atoms with van der Waals surface area (Å²) in [5.74, 6) is 0. The molecule has 2 nitrogen and oxygen atoms in total. The summed E-state index contributed by atoms with van der Waals surface area (Å²) in [6, 6.07) is 15.9. The number of aryl methyl sites for hydroxylation is 2. The van der Waals surface area contributed by atoms with Gasteiger partial charge < -0.3 is 9.84 Å². The first kappa shape index (κ1) is 13.8. The largest absolute Gasteiger partial charge is 0.385 e. The average Bonchev–Trinajstić information content (AvgIpc) is 2.43. The second kappa shape index (κ2) is 6.00. The molecule has 2 atom stereocenters. The van der Waals surface area contributed by atoms with Gasteiger partial charge in [0.15, 0.2) is 0 Å². The highest BCUT2D eigenvalue weighted by Crippen LogP contribution is 2.33. The summed E-state index contributed by atoms with van der Waals surface area (Å²) in [5, 5.41) is 10.6. The summed E-state index contributed by atoms with van der Waals surface area (Å²) in [6.45, 7) is 4.04. The minimum atomic E-state index is -0.660. The van der Waals surface area contributed by atoms with E-state index in [1.807, 2.05) is 56.3 Å². The van der Waals surface area contributed by atoms with Crippen molar-refractivity contribution in [2.45, 2.75) is 26.1 Å². The maximum absolute atomic E-state index is 10.6. The third-order valence-electron chi connectivity index (χ3n) is 3.42. The molecule has 2 aromatic rings. The minimum Gasteiger partial charge on any atom is -0.385 e. The molecule has 0 radical (unpaired) electrons. The van der Waals surface area contributed by atoms with E-state index in [4.69, 9.17) is 4.74 Å². The van der Waals surface area contributed by atoms with Crippen molar-refractivity contribution >= 4 is 0 Å². The Hall–Kier alpha value is -1.64. The Kier molecular flexibility index (Phi) is 4.35. The summed E-state index contributed by atoms with van der Waals surface area (Å²) in [7, 11) is 1.63. The Morgan fingerprint density at radius 3 is 2.32 bits per heavy atom. The molecule has 0 saturated heterocycles. The van der Waals surface area contributed by atoms with Crippen LogP contribution in [0.4, 0.5) is 0 Å². The quantitative estimate of drug-likeness (QED) is 0.903. The third kappa shape index (κ3) is 3.03. The molecule has 100 valence electrons. The van der Waals surface area contributed by atoms with Gasteiger partial charge in [0.05, 0.1) is 0 Å². The summed E-state index contributed by atoms with van der Waals surface area (Å²) < 4.78 is 5.50. The Morgan fingerprint density at radius 1 is 1.00 bits per heavy atom. The molecule has 2 rings (SSSR count). The molecular formula is C17H20O2. The van der Waals surface area contributed by atoms with Gasteiger partial charge in [-0.1, -0.05) is 54.1 Å². The van der Waals surface area contributed by atoms with Crippen molar-refractivity contribution in [2.75, 3.05) is 7.11 Å². The van der Waals surface area contributed by atoms with Crippen molar-refractivity contribution in [3.05, 3.63) is 70.8 Å². The van der Waals surface area contributed by atoms with Gasteiger partial charge in [0.2, 0.25) is 0 Å². The lowest BCUT2D eigenvalue weighted by molar-refractivity contribution is -0.0152. The van der Waals surface area contributed by atoms with Crippen LogP contribution in [0.2, 0.25) is 0 Å². The van der Waals surface area contributed by atoms with Crippen LogP contribution >= 0.6 is 0 Å². The van der Waals surface area contributed by atoms with Crippen molar-refractivity contribution < 1.29 is 9.84 Å². The van der Waals surface area contributed by atoms with E-state index in [-0.39, 0.29) is 6.10 Å². The van der Waals surface area contributed by atoms with E-state index >= 15 is 0 Å². The van der Waals surface area contributed by atoms with Crippen LogP contribution in [0.5, 0.6) is 0 Å². The number of hydrogen-bond acceptors (Lipinski definition) is 2. The molecule has 2 aromatic carbocycles. The first-order valence-corrected chi connectivity index (χ1v) is 6.46. The van der Waals surface area contributed by atoms with E-state index in [0.29, 0.717) is 0 Å². The molecule has 2 unspecified atom stereocenters. The summed E-state index contributed by atoms with van der Waals surface area (Å²) in [5.41, 5.74) is 4.13. The molecule has 0 aromatic heterocycles. The summed E-state index contributed by atoms with van der Waals surface area (Å²) in [6.07, 6.45) is -1.01. The van der Waals surface area contributed by atoms with E-state index in [2.05, 4.69) is 6.07 Å². The summed E-state index contributed by atoms with van der Waals surface area (Å²) >= 11 is 0. The number of rotatable bonds is 4. The Bertz CT molecular complexity index is 534. The van der Waals surface area contributed by atoms with E-state index in [9.17, 15) is 5.11 Å². The number of benzene rings is 2. The minimum absolute atomic E-state index is 0.346. The normalized spacial score (nSPS) is 14.1. The highest BCUT2D eigenvalue weighted by atomic mass is 16.5. The Labute approximate surface area is 114 Å². The average molecular weight is 256 g/mol. The van der Waals surface area contributed by atoms with Crippen LogP contribution < -0.4 is 0 Å². The van der Waals surface area contributed by atoms with Gasteiger partial charge in [-0.25, -0.2) is 0 Å². The topological polar surface area (TPSA) is 29.5 Å². The third-order valence-corrected chi connectivity index (χ3v) is 3.42. The van der Waals surface area contributed by atoms with E-state index in [1.165, 1.54) is 0 Å². The molecular weight excluding hydrogens is 236 g/mol. The lowest BCUT2D eigenvalue weighted by Gasteiger charge is -2.24. The molecule has 0 bridgehead atoms. The fourth-order valence-electron chi connectivity index (χ4n) is 2.33. The second-order valence-electron chi connectivity index (χ2n) is 4.87. The van der Waals surface area contributed by atoms with Crippen LogP contribution in [0.1, 0.15) is 34.5 Å². The predicted octanol–water partition coefficient (Wildman–Crippen LogP) is 3.72. The fraction of sp³-hybridized carbons (Fsp3) is 0.294. The van der Waals surface area contributed by atoms with Crippen molar-refractivity contribution in [1.82, 2.24) is 0 Å². The number of aliphatic hydroxyl groups excluding tert-OH is 1. The van der Waals surface area contributed by atoms with Crippen LogP contribution in [0.25, 0.3) is 0 Å². The zero-order valence-electron chi connectivity index (χ0n) is 11.6. The van der Waals surface area contributed by atoms with E-state index in [1.54, 1.807) is 7.11 Å². The molecule has 1 N–H and O–H groups in total. The van der Waals surface area contributed by atoms with Crippen LogP contribution in [-0.4, -0.2) is 12.2 Å². The zero-order valence-corrected chi connectivity index (χ0v) is 11.6. The predicted molar refractivity (Wildman–Crippen MR) is 77.1 cm³/mol. The molecule has 2 heteroatoms. The molecule has 0 aliphatic rings. The number of aliphatic hydroxyl groups is 1. The number of ether oxygens (including phenoxy) is 1. The highest BCUT2D eigenvalue weighted by molar-refractivity contribution is 5.34. The lowest BCUT2D eigenvalue weighted by atomic mass is 9.94. The maximum Gasteiger partial charge on any atom is 0.112 e. The molecule has 0 saturated carbocycles. The molecule has 0 amide bonds. The molecule has 19 heavy (non-hydrogen) atoms. The molecule has 0 heterocycles. The van der Waals surface area contributed by atoms with Gasteiger partial charge >= 0.3 is 0 Å². The molecule has 0 fully saturated rings. The second-order valence-corrected chi connectivity index (χ2v) is 4.87. The van der Waals surface area contributed by atoms with Crippen molar-refractivity contribution in [3.8, 4) is 0 Å². The van der Waals surface area contributed by atoms with Crippen LogP contribution in [0.15, 0.2) is 48.5 Å². The smallest absolute Gasteiger partial charge is 0.112 e. The molecule has 0 spiro atoms. The van der Waals surface area contributed by atoms with E-state index < -0.39 is 6.10 Å². The van der Waals surface area contributed by atoms with Crippen molar-refractivity contribution in [1.29, 1.82) is 0 Å². The van der Waals surface area contributed by atoms with Gasteiger partial charge in [-0.15, -0.1) is 0 Å². The van der Waals surface area contributed by atoms with Gasteiger partial charge in [-0.3, -0.25) is 0 Å². The van der Waals surface area contributed by atoms with Crippen LogP contribution in [0, 0.1) is 13.8 Å². The highest BCUT2D eigenvalue weighted by Gasteiger charge is 2.23. The van der Waals surface area contributed by atoms with Gasteiger partial charge in [-0.2, -0.15) is 0 Å². The van der Waals surface area contributed by atoms with Crippen molar-refractivity contribution in [2.24, 2.45) is 0 Å². The molecule has 0 aliphatic heterocycles. The van der Waals surface area contributed by atoms with Gasteiger partial charge in [0.1, 0.15) is 12.2 Å². The first-order valence-electron chi connectivity index (χ1n) is 6.46. The Morgan fingerprint density at radius 2 is 1.68 bits per heavy atom. The van der Waals surface area contributed by atoms with Gasteiger partial charge in [0, 0.05) is 7.11 Å². The number of hydrogen-bond donors (Lipinski definition) is 1. The Balaban J connectivity index is 2.36. The summed E-state index contributed by atoms with van der Waals surface area (Å²) in [4.78, 5) is 0. The van der Waals surface area contributed by atoms with Gasteiger partial charge in [-0.05, 0) is 30.5 Å².